The van der Waals surface area contributed by atoms with Crippen LogP contribution in [0.15, 0.2) is 18.2 Å². The molecule has 9 heteroatoms. The first kappa shape index (κ1) is 19.4. The number of rotatable bonds is 4. The molecule has 5 nitrogen and oxygen atoms in total. The Kier molecular flexibility index (Phi) is 5.82. The van der Waals surface area contributed by atoms with Gasteiger partial charge in [-0.15, -0.1) is 0 Å². The molecule has 0 radical (unpaired) electrons. The van der Waals surface area contributed by atoms with Crippen LogP contribution >= 0.6 is 11.6 Å². The van der Waals surface area contributed by atoms with E-state index >= 15 is 0 Å². The molecule has 1 atom stereocenters. The molecule has 1 aromatic rings. The van der Waals surface area contributed by atoms with Crippen molar-refractivity contribution in [1.82, 2.24) is 10.2 Å². The Morgan fingerprint density at radius 1 is 1.36 bits per heavy atom. The lowest BCUT2D eigenvalue weighted by molar-refractivity contribution is -0.139. The summed E-state index contributed by atoms with van der Waals surface area (Å²) in [7, 11) is 0. The van der Waals surface area contributed by atoms with Crippen LogP contribution in [0.5, 0.6) is 0 Å². The van der Waals surface area contributed by atoms with Crippen LogP contribution in [0.25, 0.3) is 0 Å². The Hall–Kier alpha value is -1.96. The first-order chi connectivity index (χ1) is 11.6. The molecule has 25 heavy (non-hydrogen) atoms. The van der Waals surface area contributed by atoms with Crippen molar-refractivity contribution in [1.29, 1.82) is 0 Å². The minimum absolute atomic E-state index is 0.0372. The first-order valence-electron chi connectivity index (χ1n) is 7.78. The highest BCUT2D eigenvalue weighted by Crippen LogP contribution is 2.34. The van der Waals surface area contributed by atoms with Gasteiger partial charge in [0.05, 0.1) is 22.8 Å². The zero-order valence-electron chi connectivity index (χ0n) is 13.8. The molecule has 138 valence electrons. The number of halogens is 4. The fourth-order valence-electron chi connectivity index (χ4n) is 2.51. The van der Waals surface area contributed by atoms with E-state index in [2.05, 4.69) is 10.6 Å². The van der Waals surface area contributed by atoms with Crippen molar-refractivity contribution in [2.45, 2.75) is 26.1 Å². The Labute approximate surface area is 148 Å². The van der Waals surface area contributed by atoms with Gasteiger partial charge in [-0.2, -0.15) is 13.2 Å². The highest BCUT2D eigenvalue weighted by molar-refractivity contribution is 6.33. The molecule has 1 unspecified atom stereocenters. The maximum absolute atomic E-state index is 12.7. The zero-order valence-corrected chi connectivity index (χ0v) is 14.5. The number of anilines is 1. The number of carbonyl (C=O) groups is 2. The van der Waals surface area contributed by atoms with Crippen molar-refractivity contribution in [3.63, 3.8) is 0 Å². The Morgan fingerprint density at radius 3 is 2.56 bits per heavy atom. The SMILES string of the molecule is CC(C)C(Nc1ccc(C(F)(F)F)cc1Cl)C(=O)N1CCNC(=O)C1. The number of piperazine rings is 1. The Balaban J connectivity index is 2.19. The van der Waals surface area contributed by atoms with E-state index in [1.165, 1.54) is 11.0 Å². The third kappa shape index (κ3) is 4.78. The number of nitrogens with zero attached hydrogens (tertiary/aromatic N) is 1. The minimum Gasteiger partial charge on any atom is -0.372 e. The Morgan fingerprint density at radius 2 is 2.04 bits per heavy atom. The van der Waals surface area contributed by atoms with Gasteiger partial charge in [-0.05, 0) is 24.1 Å². The van der Waals surface area contributed by atoms with E-state index < -0.39 is 17.8 Å². The Bertz CT molecular complexity index is 665. The number of alkyl halides is 3. The van der Waals surface area contributed by atoms with Crippen LogP contribution in [0.1, 0.15) is 19.4 Å². The van der Waals surface area contributed by atoms with Gasteiger partial charge in [-0.1, -0.05) is 25.4 Å². The van der Waals surface area contributed by atoms with Gasteiger partial charge >= 0.3 is 6.18 Å². The predicted octanol–water partition coefficient (Wildman–Crippen LogP) is 2.75. The number of carbonyl (C=O) groups excluding carboxylic acids is 2. The van der Waals surface area contributed by atoms with Crippen molar-refractivity contribution in [3.05, 3.63) is 28.8 Å². The van der Waals surface area contributed by atoms with E-state index in [4.69, 9.17) is 11.6 Å². The van der Waals surface area contributed by atoms with E-state index in [1.807, 2.05) is 0 Å². The molecule has 0 saturated carbocycles. The van der Waals surface area contributed by atoms with Crippen LogP contribution in [0.4, 0.5) is 18.9 Å². The van der Waals surface area contributed by atoms with Crippen molar-refractivity contribution in [3.8, 4) is 0 Å². The molecule has 2 rings (SSSR count). The molecule has 1 aliphatic rings. The van der Waals surface area contributed by atoms with Gasteiger partial charge in [0.25, 0.3) is 0 Å². The van der Waals surface area contributed by atoms with Gasteiger partial charge in [0.15, 0.2) is 0 Å². The number of hydrogen-bond acceptors (Lipinski definition) is 3. The third-order valence-electron chi connectivity index (χ3n) is 3.89. The molecule has 1 fully saturated rings. The molecule has 0 bridgehead atoms. The fraction of sp³-hybridized carbons (Fsp3) is 0.500. The topological polar surface area (TPSA) is 61.4 Å². The van der Waals surface area contributed by atoms with Gasteiger partial charge in [-0.3, -0.25) is 9.59 Å². The van der Waals surface area contributed by atoms with E-state index in [0.29, 0.717) is 13.1 Å². The van der Waals surface area contributed by atoms with Crippen LogP contribution in [0, 0.1) is 5.92 Å². The van der Waals surface area contributed by atoms with E-state index in [-0.39, 0.29) is 35.0 Å². The second-order valence-corrected chi connectivity index (χ2v) is 6.58. The summed E-state index contributed by atoms with van der Waals surface area (Å²) in [6, 6.07) is 2.22. The first-order valence-corrected chi connectivity index (χ1v) is 8.16. The van der Waals surface area contributed by atoms with Crippen molar-refractivity contribution in [2.75, 3.05) is 25.0 Å². The second-order valence-electron chi connectivity index (χ2n) is 6.17. The third-order valence-corrected chi connectivity index (χ3v) is 4.20. The van der Waals surface area contributed by atoms with Crippen LogP contribution in [0.2, 0.25) is 5.02 Å². The van der Waals surface area contributed by atoms with Gasteiger partial charge in [0.2, 0.25) is 11.8 Å². The lowest BCUT2D eigenvalue weighted by Gasteiger charge is -2.32. The maximum Gasteiger partial charge on any atom is 0.416 e. The molecule has 0 spiro atoms. The van der Waals surface area contributed by atoms with Gasteiger partial charge in [-0.25, -0.2) is 0 Å². The van der Waals surface area contributed by atoms with Gasteiger partial charge in [0, 0.05) is 13.1 Å². The quantitative estimate of drug-likeness (QED) is 0.848. The average molecular weight is 378 g/mol. The van der Waals surface area contributed by atoms with Gasteiger partial charge in [0.1, 0.15) is 6.04 Å². The lowest BCUT2D eigenvalue weighted by Crippen LogP contribution is -2.54. The summed E-state index contributed by atoms with van der Waals surface area (Å²) in [5.74, 6) is -0.689. The van der Waals surface area contributed by atoms with E-state index in [9.17, 15) is 22.8 Å². The molecule has 1 aromatic carbocycles. The molecular formula is C16H19ClF3N3O2. The molecule has 1 heterocycles. The highest BCUT2D eigenvalue weighted by Gasteiger charge is 2.33. The standard InChI is InChI=1S/C16H19ClF3N3O2/c1-9(2)14(15(25)23-6-5-21-13(24)8-23)22-12-4-3-10(7-11(12)17)16(18,19)20/h3-4,7,9,14,22H,5-6,8H2,1-2H3,(H,21,24). The maximum atomic E-state index is 12.7. The lowest BCUT2D eigenvalue weighted by atomic mass is 10.0. The number of amides is 2. The summed E-state index contributed by atoms with van der Waals surface area (Å²) in [6.07, 6.45) is -4.49. The summed E-state index contributed by atoms with van der Waals surface area (Å²) >= 11 is 5.95. The molecule has 0 aromatic heterocycles. The molecule has 2 amide bonds. The van der Waals surface area contributed by atoms with Crippen molar-refractivity contribution >= 4 is 29.1 Å². The molecular weight excluding hydrogens is 359 g/mol. The smallest absolute Gasteiger partial charge is 0.372 e. The van der Waals surface area contributed by atoms with Gasteiger partial charge < -0.3 is 15.5 Å². The van der Waals surface area contributed by atoms with Crippen LogP contribution < -0.4 is 10.6 Å². The molecule has 2 N–H and O–H groups in total. The average Bonchev–Trinajstić information content (AvgIpc) is 2.51. The molecule has 0 aliphatic carbocycles. The van der Waals surface area contributed by atoms with Crippen molar-refractivity contribution in [2.24, 2.45) is 5.92 Å². The van der Waals surface area contributed by atoms with Crippen LogP contribution in [-0.4, -0.2) is 42.4 Å². The molecule has 1 aliphatic heterocycles. The molecule has 1 saturated heterocycles. The van der Waals surface area contributed by atoms with Crippen molar-refractivity contribution < 1.29 is 22.8 Å². The van der Waals surface area contributed by atoms with Crippen LogP contribution in [0.3, 0.4) is 0 Å². The summed E-state index contributed by atoms with van der Waals surface area (Å²) < 4.78 is 38.2. The normalized spacial score (nSPS) is 16.6. The summed E-state index contributed by atoms with van der Waals surface area (Å²) in [6.45, 7) is 4.33. The summed E-state index contributed by atoms with van der Waals surface area (Å²) in [5.41, 5.74) is -0.619. The zero-order chi connectivity index (χ0) is 18.8. The number of hydrogen-bond donors (Lipinski definition) is 2. The van der Waals surface area contributed by atoms with Crippen LogP contribution in [-0.2, 0) is 15.8 Å². The largest absolute Gasteiger partial charge is 0.416 e. The van der Waals surface area contributed by atoms with E-state index in [0.717, 1.165) is 12.1 Å². The van der Waals surface area contributed by atoms with E-state index in [1.54, 1.807) is 13.8 Å². The number of benzene rings is 1. The highest BCUT2D eigenvalue weighted by atomic mass is 35.5. The summed E-state index contributed by atoms with van der Waals surface area (Å²) in [5, 5.41) is 5.43. The fourth-order valence-corrected chi connectivity index (χ4v) is 2.75. The number of nitrogens with one attached hydrogen (secondary N) is 2. The monoisotopic (exact) mass is 377 g/mol. The second kappa shape index (κ2) is 7.51. The minimum atomic E-state index is -4.49. The predicted molar refractivity (Wildman–Crippen MR) is 88.3 cm³/mol. The summed E-state index contributed by atoms with van der Waals surface area (Å²) in [4.78, 5) is 25.6.